The summed E-state index contributed by atoms with van der Waals surface area (Å²) in [5.41, 5.74) is 6.57. The molecule has 19 heavy (non-hydrogen) atoms. The van der Waals surface area contributed by atoms with Gasteiger partial charge in [0.15, 0.2) is 0 Å². The van der Waals surface area contributed by atoms with Crippen LogP contribution in [0, 0.1) is 0 Å². The highest BCUT2D eigenvalue weighted by atomic mass is 35.5. The lowest BCUT2D eigenvalue weighted by Gasteiger charge is -2.14. The van der Waals surface area contributed by atoms with Crippen LogP contribution in [-0.4, -0.2) is 4.98 Å². The molecule has 0 aliphatic carbocycles. The fraction of sp³-hybridized carbons (Fsp3) is 0. The van der Waals surface area contributed by atoms with Crippen LogP contribution in [0.4, 0.5) is 5.82 Å². The molecule has 2 nitrogen and oxygen atoms in total. The summed E-state index contributed by atoms with van der Waals surface area (Å²) in [4.78, 5) is 3.93. The minimum absolute atomic E-state index is 0.0793. The standard InChI is InChI=1S/C11H4Cl6N2/c12-3-1-4(11(18)19-2-3)5-6(13)8(15)10(17)9(16)7(5)14/h1-2H,(H2,18,19). The second-order valence-corrected chi connectivity index (χ2v) is 5.86. The average Bonchev–Trinajstić information content (AvgIpc) is 2.38. The summed E-state index contributed by atoms with van der Waals surface area (Å²) in [7, 11) is 0. The van der Waals surface area contributed by atoms with E-state index in [4.69, 9.17) is 75.3 Å². The summed E-state index contributed by atoms with van der Waals surface area (Å²) in [6.07, 6.45) is 1.40. The molecule has 0 aliphatic rings. The van der Waals surface area contributed by atoms with E-state index in [9.17, 15) is 0 Å². The molecule has 1 aromatic carbocycles. The number of hydrogen-bond acceptors (Lipinski definition) is 2. The molecule has 0 fully saturated rings. The summed E-state index contributed by atoms with van der Waals surface area (Å²) in [5.74, 6) is 0.197. The van der Waals surface area contributed by atoms with Gasteiger partial charge in [-0.05, 0) is 6.07 Å². The summed E-state index contributed by atoms with van der Waals surface area (Å²) in [5, 5.41) is 0.905. The van der Waals surface area contributed by atoms with Gasteiger partial charge in [-0.1, -0.05) is 69.6 Å². The van der Waals surface area contributed by atoms with Crippen molar-refractivity contribution >= 4 is 75.4 Å². The Morgan fingerprint density at radius 1 is 0.789 bits per heavy atom. The molecule has 0 unspecified atom stereocenters. The van der Waals surface area contributed by atoms with Gasteiger partial charge < -0.3 is 5.73 Å². The zero-order valence-corrected chi connectivity index (χ0v) is 13.5. The van der Waals surface area contributed by atoms with Gasteiger partial charge in [0.05, 0.1) is 30.1 Å². The van der Waals surface area contributed by atoms with Gasteiger partial charge in [0.25, 0.3) is 0 Å². The van der Waals surface area contributed by atoms with Gasteiger partial charge in [-0.3, -0.25) is 0 Å². The van der Waals surface area contributed by atoms with Crippen molar-refractivity contribution in [3.05, 3.63) is 42.4 Å². The van der Waals surface area contributed by atoms with Crippen LogP contribution in [0.3, 0.4) is 0 Å². The van der Waals surface area contributed by atoms with E-state index in [1.807, 2.05) is 0 Å². The van der Waals surface area contributed by atoms with Gasteiger partial charge in [-0.25, -0.2) is 4.98 Å². The van der Waals surface area contributed by atoms with Crippen molar-refractivity contribution in [3.63, 3.8) is 0 Å². The van der Waals surface area contributed by atoms with Crippen LogP contribution in [0.25, 0.3) is 11.1 Å². The van der Waals surface area contributed by atoms with Crippen molar-refractivity contribution in [1.82, 2.24) is 4.98 Å². The van der Waals surface area contributed by atoms with E-state index in [0.29, 0.717) is 16.1 Å². The van der Waals surface area contributed by atoms with Crippen LogP contribution in [-0.2, 0) is 0 Å². The number of benzene rings is 1. The predicted molar refractivity (Wildman–Crippen MR) is 84.1 cm³/mol. The van der Waals surface area contributed by atoms with E-state index >= 15 is 0 Å². The van der Waals surface area contributed by atoms with E-state index in [1.54, 1.807) is 6.07 Å². The predicted octanol–water partition coefficient (Wildman–Crippen LogP) is 6.25. The first kappa shape index (κ1) is 15.3. The van der Waals surface area contributed by atoms with E-state index in [2.05, 4.69) is 4.98 Å². The molecular weight excluding hydrogens is 373 g/mol. The molecular formula is C11H4Cl6N2. The number of nitrogen functional groups attached to an aromatic ring is 1. The first-order valence-corrected chi connectivity index (χ1v) is 7.04. The van der Waals surface area contributed by atoms with Crippen LogP contribution in [0.5, 0.6) is 0 Å². The molecule has 8 heteroatoms. The first-order chi connectivity index (χ1) is 8.84. The van der Waals surface area contributed by atoms with E-state index < -0.39 is 0 Å². The number of aromatic nitrogens is 1. The molecule has 0 bridgehead atoms. The Morgan fingerprint density at radius 3 is 1.79 bits per heavy atom. The molecule has 0 amide bonds. The molecule has 2 aromatic rings. The van der Waals surface area contributed by atoms with Crippen LogP contribution in [0.2, 0.25) is 30.1 Å². The molecule has 2 N–H and O–H groups in total. The Kier molecular flexibility index (Phi) is 4.61. The first-order valence-electron chi connectivity index (χ1n) is 4.77. The highest BCUT2D eigenvalue weighted by molar-refractivity contribution is 6.56. The molecule has 0 spiro atoms. The normalized spacial score (nSPS) is 10.8. The SMILES string of the molecule is Nc1ncc(Cl)cc1-c1c(Cl)c(Cl)c(Cl)c(Cl)c1Cl. The summed E-state index contributed by atoms with van der Waals surface area (Å²) >= 11 is 36.1. The Hall–Kier alpha value is -0.0900. The summed E-state index contributed by atoms with van der Waals surface area (Å²) in [6.45, 7) is 0. The maximum Gasteiger partial charge on any atom is 0.131 e. The average molecular weight is 377 g/mol. The number of nitrogens with two attached hydrogens (primary N) is 1. The van der Waals surface area contributed by atoms with Gasteiger partial charge in [0.2, 0.25) is 0 Å². The van der Waals surface area contributed by atoms with Crippen LogP contribution < -0.4 is 5.73 Å². The van der Waals surface area contributed by atoms with Crippen molar-refractivity contribution in [1.29, 1.82) is 0 Å². The van der Waals surface area contributed by atoms with Gasteiger partial charge in [0, 0.05) is 17.3 Å². The van der Waals surface area contributed by atoms with Crippen molar-refractivity contribution in [2.45, 2.75) is 0 Å². The Bertz CT molecular complexity index is 642. The summed E-state index contributed by atoms with van der Waals surface area (Å²) in [6, 6.07) is 1.57. The Morgan fingerprint density at radius 2 is 1.26 bits per heavy atom. The molecule has 0 saturated carbocycles. The number of hydrogen-bond donors (Lipinski definition) is 1. The highest BCUT2D eigenvalue weighted by Gasteiger charge is 2.22. The van der Waals surface area contributed by atoms with E-state index in [-0.39, 0.29) is 30.9 Å². The largest absolute Gasteiger partial charge is 0.383 e. The quantitative estimate of drug-likeness (QED) is 0.471. The third-order valence-electron chi connectivity index (χ3n) is 2.36. The maximum atomic E-state index is 6.15. The lowest BCUT2D eigenvalue weighted by atomic mass is 10.1. The summed E-state index contributed by atoms with van der Waals surface area (Å²) < 4.78 is 0. The molecule has 0 saturated heterocycles. The van der Waals surface area contributed by atoms with Crippen LogP contribution in [0.1, 0.15) is 0 Å². The molecule has 1 heterocycles. The van der Waals surface area contributed by atoms with Crippen molar-refractivity contribution in [2.75, 3.05) is 5.73 Å². The van der Waals surface area contributed by atoms with Crippen molar-refractivity contribution < 1.29 is 0 Å². The highest BCUT2D eigenvalue weighted by Crippen LogP contribution is 2.49. The lowest BCUT2D eigenvalue weighted by molar-refractivity contribution is 1.34. The second-order valence-electron chi connectivity index (χ2n) is 3.53. The molecule has 0 radical (unpaired) electrons. The second kappa shape index (κ2) is 5.72. The van der Waals surface area contributed by atoms with Crippen LogP contribution >= 0.6 is 69.6 Å². The zero-order valence-electron chi connectivity index (χ0n) is 8.95. The zero-order chi connectivity index (χ0) is 14.3. The third-order valence-corrected chi connectivity index (χ3v) is 4.85. The minimum Gasteiger partial charge on any atom is -0.383 e. The van der Waals surface area contributed by atoms with Crippen LogP contribution in [0.15, 0.2) is 12.3 Å². The number of anilines is 1. The van der Waals surface area contributed by atoms with Gasteiger partial charge >= 0.3 is 0 Å². The van der Waals surface area contributed by atoms with Gasteiger partial charge in [0.1, 0.15) is 5.82 Å². The number of halogens is 6. The van der Waals surface area contributed by atoms with E-state index in [0.717, 1.165) is 0 Å². The van der Waals surface area contributed by atoms with Crippen molar-refractivity contribution in [3.8, 4) is 11.1 Å². The maximum absolute atomic E-state index is 6.15. The molecule has 0 aliphatic heterocycles. The molecule has 100 valence electrons. The number of rotatable bonds is 1. The number of pyridine rings is 1. The molecule has 1 aromatic heterocycles. The van der Waals surface area contributed by atoms with Crippen molar-refractivity contribution in [2.24, 2.45) is 0 Å². The molecule has 2 rings (SSSR count). The minimum atomic E-state index is 0.0793. The topological polar surface area (TPSA) is 38.9 Å². The number of nitrogens with zero attached hydrogens (tertiary/aromatic N) is 1. The fourth-order valence-corrected chi connectivity index (χ4v) is 2.99. The lowest BCUT2D eigenvalue weighted by Crippen LogP contribution is -1.96. The Labute approximate surface area is 139 Å². The van der Waals surface area contributed by atoms with Gasteiger partial charge in [-0.2, -0.15) is 0 Å². The Balaban J connectivity index is 2.87. The van der Waals surface area contributed by atoms with E-state index in [1.165, 1.54) is 6.20 Å². The molecule has 0 atom stereocenters. The third kappa shape index (κ3) is 2.71. The fourth-order valence-electron chi connectivity index (χ4n) is 1.49. The smallest absolute Gasteiger partial charge is 0.131 e. The monoisotopic (exact) mass is 374 g/mol. The van der Waals surface area contributed by atoms with Gasteiger partial charge in [-0.15, -0.1) is 0 Å².